The van der Waals surface area contributed by atoms with Gasteiger partial charge in [0.25, 0.3) is 5.91 Å². The lowest BCUT2D eigenvalue weighted by molar-refractivity contribution is -0.129. The van der Waals surface area contributed by atoms with E-state index in [1.165, 1.54) is 16.0 Å². The summed E-state index contributed by atoms with van der Waals surface area (Å²) in [6.45, 7) is 2.48. The summed E-state index contributed by atoms with van der Waals surface area (Å²) >= 11 is 0. The zero-order valence-corrected chi connectivity index (χ0v) is 10.9. The number of carbonyl (C=O) groups excluding carboxylic acids is 2. The monoisotopic (exact) mass is 253 g/mol. The van der Waals surface area contributed by atoms with E-state index >= 15 is 0 Å². The van der Waals surface area contributed by atoms with Crippen molar-refractivity contribution in [2.24, 2.45) is 0 Å². The summed E-state index contributed by atoms with van der Waals surface area (Å²) in [6, 6.07) is 0. The number of rotatable bonds is 5. The second-order valence-electron chi connectivity index (χ2n) is 4.22. The van der Waals surface area contributed by atoms with Crippen LogP contribution in [0.3, 0.4) is 0 Å². The third-order valence-electron chi connectivity index (χ3n) is 2.49. The van der Waals surface area contributed by atoms with Gasteiger partial charge in [-0.2, -0.15) is 5.10 Å². The van der Waals surface area contributed by atoms with Gasteiger partial charge in [-0.25, -0.2) is 0 Å². The molecule has 100 valence electrons. The first-order chi connectivity index (χ1) is 8.47. The minimum Gasteiger partial charge on any atom is -0.396 e. The molecule has 0 radical (unpaired) electrons. The Morgan fingerprint density at radius 1 is 1.44 bits per heavy atom. The Morgan fingerprint density at radius 3 is 2.56 bits per heavy atom. The molecule has 0 saturated heterocycles. The van der Waals surface area contributed by atoms with Gasteiger partial charge >= 0.3 is 0 Å². The van der Waals surface area contributed by atoms with Crippen molar-refractivity contribution in [2.45, 2.75) is 13.3 Å². The Balaban J connectivity index is 2.82. The number of amides is 2. The number of nitrogens with zero attached hydrogens (tertiary/aromatic N) is 3. The molecule has 0 bridgehead atoms. The van der Waals surface area contributed by atoms with E-state index in [1.54, 1.807) is 14.1 Å². The Hall–Kier alpha value is -2.05. The van der Waals surface area contributed by atoms with Gasteiger partial charge in [0.15, 0.2) is 0 Å². The first kappa shape index (κ1) is 14.0. The number of anilines is 1. The molecule has 0 unspecified atom stereocenters. The molecule has 0 aromatic carbocycles. The molecule has 0 fully saturated rings. The van der Waals surface area contributed by atoms with Crippen LogP contribution < -0.4 is 5.73 Å². The zero-order valence-electron chi connectivity index (χ0n) is 10.9. The summed E-state index contributed by atoms with van der Waals surface area (Å²) < 4.78 is 0. The predicted molar refractivity (Wildman–Crippen MR) is 67.9 cm³/mol. The third kappa shape index (κ3) is 3.22. The maximum Gasteiger partial charge on any atom is 0.274 e. The van der Waals surface area contributed by atoms with Gasteiger partial charge in [0.2, 0.25) is 5.91 Å². The highest BCUT2D eigenvalue weighted by atomic mass is 16.2. The molecule has 3 N–H and O–H groups in total. The van der Waals surface area contributed by atoms with Crippen LogP contribution in [0.15, 0.2) is 6.20 Å². The number of likely N-dealkylation sites (N-methyl/N-ethyl adjacent to an activating group) is 1. The fraction of sp³-hybridized carbons (Fsp3) is 0.545. The predicted octanol–water partition coefficient (Wildman–Crippen LogP) is -0.0677. The second-order valence-corrected chi connectivity index (χ2v) is 4.22. The minimum atomic E-state index is -0.304. The van der Waals surface area contributed by atoms with Crippen LogP contribution in [0.2, 0.25) is 0 Å². The minimum absolute atomic E-state index is 0.0398. The van der Waals surface area contributed by atoms with Crippen LogP contribution in [0.5, 0.6) is 0 Å². The fourth-order valence-electron chi connectivity index (χ4n) is 1.45. The molecule has 0 atom stereocenters. The van der Waals surface area contributed by atoms with Crippen LogP contribution >= 0.6 is 0 Å². The van der Waals surface area contributed by atoms with Gasteiger partial charge in [-0.1, -0.05) is 6.92 Å². The van der Waals surface area contributed by atoms with E-state index in [9.17, 15) is 9.59 Å². The molecule has 0 aliphatic carbocycles. The summed E-state index contributed by atoms with van der Waals surface area (Å²) in [5.74, 6) is -0.433. The summed E-state index contributed by atoms with van der Waals surface area (Å²) in [4.78, 5) is 26.8. The van der Waals surface area contributed by atoms with Gasteiger partial charge < -0.3 is 15.5 Å². The highest BCUT2D eigenvalue weighted by molar-refractivity contribution is 5.98. The van der Waals surface area contributed by atoms with Gasteiger partial charge in [-0.05, 0) is 6.42 Å². The highest BCUT2D eigenvalue weighted by Gasteiger charge is 2.21. The molecule has 7 heteroatoms. The Labute approximate surface area is 106 Å². The average molecular weight is 253 g/mol. The number of carbonyl (C=O) groups is 2. The van der Waals surface area contributed by atoms with E-state index in [4.69, 9.17) is 5.73 Å². The zero-order chi connectivity index (χ0) is 13.7. The molecule has 1 aromatic rings. The van der Waals surface area contributed by atoms with Crippen molar-refractivity contribution in [1.29, 1.82) is 0 Å². The van der Waals surface area contributed by atoms with Crippen molar-refractivity contribution in [2.75, 3.05) is 32.9 Å². The lowest BCUT2D eigenvalue weighted by atomic mass is 10.3. The van der Waals surface area contributed by atoms with E-state index in [-0.39, 0.29) is 24.1 Å². The molecule has 0 saturated carbocycles. The van der Waals surface area contributed by atoms with Gasteiger partial charge in [0.05, 0.1) is 11.9 Å². The van der Waals surface area contributed by atoms with Gasteiger partial charge in [0.1, 0.15) is 12.2 Å². The van der Waals surface area contributed by atoms with Crippen molar-refractivity contribution in [3.8, 4) is 0 Å². The number of nitrogens with two attached hydrogens (primary N) is 1. The second kappa shape index (κ2) is 6.04. The molecular weight excluding hydrogens is 234 g/mol. The van der Waals surface area contributed by atoms with Crippen LogP contribution in [0.4, 0.5) is 5.69 Å². The molecule has 1 heterocycles. The topological polar surface area (TPSA) is 95.3 Å². The maximum atomic E-state index is 12.2. The van der Waals surface area contributed by atoms with Crippen molar-refractivity contribution >= 4 is 17.5 Å². The van der Waals surface area contributed by atoms with Crippen molar-refractivity contribution in [1.82, 2.24) is 20.0 Å². The fourth-order valence-corrected chi connectivity index (χ4v) is 1.45. The number of hydrogen-bond donors (Lipinski definition) is 2. The van der Waals surface area contributed by atoms with Gasteiger partial charge in [-0.15, -0.1) is 0 Å². The van der Waals surface area contributed by atoms with Crippen molar-refractivity contribution in [3.05, 3.63) is 11.9 Å². The first-order valence-electron chi connectivity index (χ1n) is 5.75. The molecular formula is C11H19N5O2. The summed E-state index contributed by atoms with van der Waals surface area (Å²) in [7, 11) is 3.31. The smallest absolute Gasteiger partial charge is 0.274 e. The van der Waals surface area contributed by atoms with Crippen LogP contribution in [0, 0.1) is 0 Å². The summed E-state index contributed by atoms with van der Waals surface area (Å²) in [5.41, 5.74) is 6.15. The van der Waals surface area contributed by atoms with Crippen molar-refractivity contribution in [3.63, 3.8) is 0 Å². The van der Waals surface area contributed by atoms with E-state index in [1.807, 2.05) is 6.92 Å². The number of H-pyrrole nitrogens is 1. The van der Waals surface area contributed by atoms with E-state index in [2.05, 4.69) is 10.2 Å². The van der Waals surface area contributed by atoms with Crippen LogP contribution in [0.1, 0.15) is 23.8 Å². The highest BCUT2D eigenvalue weighted by Crippen LogP contribution is 2.10. The van der Waals surface area contributed by atoms with Gasteiger partial charge in [-0.3, -0.25) is 14.7 Å². The lowest BCUT2D eigenvalue weighted by Gasteiger charge is -2.22. The van der Waals surface area contributed by atoms with Crippen LogP contribution in [0.25, 0.3) is 0 Å². The molecule has 7 nitrogen and oxygen atoms in total. The van der Waals surface area contributed by atoms with Gasteiger partial charge in [0, 0.05) is 20.6 Å². The number of aromatic amines is 1. The molecule has 0 aliphatic heterocycles. The van der Waals surface area contributed by atoms with E-state index in [0.717, 1.165) is 6.42 Å². The summed E-state index contributed by atoms with van der Waals surface area (Å²) in [6.07, 6.45) is 2.14. The number of aromatic nitrogens is 2. The lowest BCUT2D eigenvalue weighted by Crippen LogP contribution is -2.41. The number of nitrogen functional groups attached to an aromatic ring is 1. The van der Waals surface area contributed by atoms with Crippen LogP contribution in [-0.2, 0) is 4.79 Å². The quantitative estimate of drug-likeness (QED) is 0.768. The Morgan fingerprint density at radius 2 is 2.11 bits per heavy atom. The molecule has 0 aliphatic rings. The van der Waals surface area contributed by atoms with Crippen LogP contribution in [-0.4, -0.2) is 59.0 Å². The van der Waals surface area contributed by atoms with E-state index in [0.29, 0.717) is 12.2 Å². The molecule has 18 heavy (non-hydrogen) atoms. The Bertz CT molecular complexity index is 427. The Kier molecular flexibility index (Phi) is 4.70. The number of nitrogens with one attached hydrogen (secondary N) is 1. The maximum absolute atomic E-state index is 12.2. The normalized spacial score (nSPS) is 10.2. The summed E-state index contributed by atoms with van der Waals surface area (Å²) in [5, 5.41) is 6.26. The van der Waals surface area contributed by atoms with E-state index < -0.39 is 0 Å². The standard InChI is InChI=1S/C11H19N5O2/c1-4-5-16(7-9(17)15(2)3)11(18)10-8(12)6-13-14-10/h6H,4-5,7,12H2,1-3H3,(H,13,14). The third-order valence-corrected chi connectivity index (χ3v) is 2.49. The molecule has 2 amide bonds. The largest absolute Gasteiger partial charge is 0.396 e. The number of hydrogen-bond acceptors (Lipinski definition) is 4. The average Bonchev–Trinajstić information content (AvgIpc) is 2.73. The SMILES string of the molecule is CCCN(CC(=O)N(C)C)C(=O)c1[nH]ncc1N. The first-order valence-corrected chi connectivity index (χ1v) is 5.75. The molecule has 0 spiro atoms. The molecule has 1 aromatic heterocycles. The van der Waals surface area contributed by atoms with Crippen molar-refractivity contribution < 1.29 is 9.59 Å². The molecule has 1 rings (SSSR count).